The monoisotopic (exact) mass is 235 g/mol. The number of rotatable bonds is 3. The number of para-hydroxylation sites is 1. The van der Waals surface area contributed by atoms with Crippen molar-refractivity contribution in [2.75, 3.05) is 5.75 Å². The molecule has 1 aliphatic rings. The quantitative estimate of drug-likeness (QED) is 0.790. The summed E-state index contributed by atoms with van der Waals surface area (Å²) in [6.07, 6.45) is 2.24. The Kier molecular flexibility index (Phi) is 3.54. The molecule has 0 radical (unpaired) electrons. The summed E-state index contributed by atoms with van der Waals surface area (Å²) in [5.41, 5.74) is 0.943. The molecule has 2 nitrogen and oxygen atoms in total. The lowest BCUT2D eigenvalue weighted by Crippen LogP contribution is -2.26. The van der Waals surface area contributed by atoms with Crippen LogP contribution in [0.3, 0.4) is 0 Å². The maximum atomic E-state index is 5.91. The van der Waals surface area contributed by atoms with Gasteiger partial charge >= 0.3 is 0 Å². The molecule has 0 aliphatic carbocycles. The van der Waals surface area contributed by atoms with Gasteiger partial charge in [0.25, 0.3) is 5.23 Å². The molecule has 16 heavy (non-hydrogen) atoms. The zero-order chi connectivity index (χ0) is 11.4. The van der Waals surface area contributed by atoms with Gasteiger partial charge in [0.2, 0.25) is 0 Å². The van der Waals surface area contributed by atoms with Crippen LogP contribution in [0, 0.1) is 0 Å². The lowest BCUT2D eigenvalue weighted by atomic mass is 10.0. The molecule has 1 unspecified atom stereocenters. The molecule has 0 spiro atoms. The van der Waals surface area contributed by atoms with Crippen molar-refractivity contribution >= 4 is 22.7 Å². The van der Waals surface area contributed by atoms with Gasteiger partial charge in [0.05, 0.1) is 5.69 Å². The first-order valence-corrected chi connectivity index (χ1v) is 6.66. The number of hydrogen-bond donors (Lipinski definition) is 0. The Bertz CT molecular complexity index is 377. The van der Waals surface area contributed by atoms with E-state index in [0.717, 1.165) is 29.5 Å². The summed E-state index contributed by atoms with van der Waals surface area (Å²) in [5, 5.41) is 0.808. The van der Waals surface area contributed by atoms with Gasteiger partial charge in [-0.3, -0.25) is 0 Å². The number of aliphatic imine (C=N–C) groups is 1. The summed E-state index contributed by atoms with van der Waals surface area (Å²) in [6, 6.07) is 9.96. The van der Waals surface area contributed by atoms with E-state index in [1.165, 1.54) is 0 Å². The fourth-order valence-electron chi connectivity index (χ4n) is 1.80. The Hall–Kier alpha value is -0.960. The SMILES string of the molecule is CCCC1(C)CSC(=Nc2ccccc2)O1. The van der Waals surface area contributed by atoms with Gasteiger partial charge in [-0.05, 0) is 25.5 Å². The van der Waals surface area contributed by atoms with Gasteiger partial charge in [0, 0.05) is 5.75 Å². The summed E-state index contributed by atoms with van der Waals surface area (Å²) in [5.74, 6) is 1.01. The number of benzene rings is 1. The van der Waals surface area contributed by atoms with Crippen molar-refractivity contribution in [2.45, 2.75) is 32.3 Å². The number of thioether (sulfide) groups is 1. The maximum absolute atomic E-state index is 5.91. The van der Waals surface area contributed by atoms with Crippen molar-refractivity contribution in [3.8, 4) is 0 Å². The summed E-state index contributed by atoms with van der Waals surface area (Å²) in [4.78, 5) is 4.49. The fraction of sp³-hybridized carbons (Fsp3) is 0.462. The van der Waals surface area contributed by atoms with Gasteiger partial charge in [0.15, 0.2) is 0 Å². The molecule has 0 N–H and O–H groups in total. The first kappa shape index (κ1) is 11.5. The molecule has 1 heterocycles. The van der Waals surface area contributed by atoms with Crippen molar-refractivity contribution in [1.82, 2.24) is 0 Å². The van der Waals surface area contributed by atoms with Crippen molar-refractivity contribution in [3.63, 3.8) is 0 Å². The summed E-state index contributed by atoms with van der Waals surface area (Å²) < 4.78 is 5.91. The van der Waals surface area contributed by atoms with E-state index in [-0.39, 0.29) is 5.60 Å². The van der Waals surface area contributed by atoms with Crippen LogP contribution < -0.4 is 0 Å². The Morgan fingerprint density at radius 1 is 1.38 bits per heavy atom. The average Bonchev–Trinajstić information content (AvgIpc) is 2.62. The molecule has 1 aromatic carbocycles. The summed E-state index contributed by atoms with van der Waals surface area (Å²) in [6.45, 7) is 4.35. The molecule has 3 heteroatoms. The van der Waals surface area contributed by atoms with Crippen LogP contribution >= 0.6 is 11.8 Å². The summed E-state index contributed by atoms with van der Waals surface area (Å²) in [7, 11) is 0. The van der Waals surface area contributed by atoms with Crippen LogP contribution in [0.25, 0.3) is 0 Å². The second kappa shape index (κ2) is 4.91. The molecule has 0 amide bonds. The van der Waals surface area contributed by atoms with Crippen molar-refractivity contribution in [2.24, 2.45) is 4.99 Å². The second-order valence-electron chi connectivity index (χ2n) is 4.30. The molecular formula is C13H17NOS. The minimum atomic E-state index is -0.0208. The van der Waals surface area contributed by atoms with E-state index in [1.807, 2.05) is 30.3 Å². The van der Waals surface area contributed by atoms with E-state index in [2.05, 4.69) is 18.8 Å². The Balaban J connectivity index is 2.06. The number of hydrogen-bond acceptors (Lipinski definition) is 3. The van der Waals surface area contributed by atoms with Gasteiger partial charge in [-0.25, -0.2) is 4.99 Å². The highest BCUT2D eigenvalue weighted by molar-refractivity contribution is 8.13. The molecule has 1 aliphatic heterocycles. The lowest BCUT2D eigenvalue weighted by Gasteiger charge is -2.21. The normalized spacial score (nSPS) is 27.0. The maximum Gasteiger partial charge on any atom is 0.251 e. The largest absolute Gasteiger partial charge is 0.466 e. The molecule has 1 atom stereocenters. The molecule has 0 saturated carbocycles. The van der Waals surface area contributed by atoms with Crippen LogP contribution in [0.4, 0.5) is 5.69 Å². The zero-order valence-corrected chi connectivity index (χ0v) is 10.6. The van der Waals surface area contributed by atoms with Gasteiger partial charge in [-0.1, -0.05) is 43.3 Å². The van der Waals surface area contributed by atoms with E-state index in [4.69, 9.17) is 4.74 Å². The van der Waals surface area contributed by atoms with Crippen LogP contribution in [-0.2, 0) is 4.74 Å². The molecular weight excluding hydrogens is 218 g/mol. The molecule has 1 fully saturated rings. The van der Waals surface area contributed by atoms with Crippen LogP contribution in [-0.4, -0.2) is 16.6 Å². The number of ether oxygens (including phenoxy) is 1. The van der Waals surface area contributed by atoms with E-state index < -0.39 is 0 Å². The Morgan fingerprint density at radius 3 is 2.81 bits per heavy atom. The fourth-order valence-corrected chi connectivity index (χ4v) is 2.86. The zero-order valence-electron chi connectivity index (χ0n) is 9.77. The van der Waals surface area contributed by atoms with Crippen LogP contribution in [0.1, 0.15) is 26.7 Å². The first-order valence-electron chi connectivity index (χ1n) is 5.67. The molecule has 1 aromatic rings. The minimum absolute atomic E-state index is 0.0208. The topological polar surface area (TPSA) is 21.6 Å². The van der Waals surface area contributed by atoms with Gasteiger partial charge < -0.3 is 4.74 Å². The minimum Gasteiger partial charge on any atom is -0.466 e. The molecule has 0 aromatic heterocycles. The smallest absolute Gasteiger partial charge is 0.251 e. The molecule has 86 valence electrons. The van der Waals surface area contributed by atoms with Gasteiger partial charge in [-0.2, -0.15) is 0 Å². The summed E-state index contributed by atoms with van der Waals surface area (Å²) >= 11 is 1.71. The van der Waals surface area contributed by atoms with E-state index in [9.17, 15) is 0 Å². The molecule has 0 bridgehead atoms. The highest BCUT2D eigenvalue weighted by Gasteiger charge is 2.34. The van der Waals surface area contributed by atoms with Crippen molar-refractivity contribution in [3.05, 3.63) is 30.3 Å². The third-order valence-corrected chi connectivity index (χ3v) is 3.77. The Labute approximate surface area is 101 Å². The second-order valence-corrected chi connectivity index (χ2v) is 5.23. The van der Waals surface area contributed by atoms with Crippen LogP contribution in [0.15, 0.2) is 35.3 Å². The lowest BCUT2D eigenvalue weighted by molar-refractivity contribution is 0.105. The molecule has 2 rings (SSSR count). The first-order chi connectivity index (χ1) is 7.72. The number of nitrogens with zero attached hydrogens (tertiary/aromatic N) is 1. The average molecular weight is 235 g/mol. The predicted molar refractivity (Wildman–Crippen MR) is 70.4 cm³/mol. The van der Waals surface area contributed by atoms with E-state index >= 15 is 0 Å². The van der Waals surface area contributed by atoms with Crippen LogP contribution in [0.2, 0.25) is 0 Å². The highest BCUT2D eigenvalue weighted by atomic mass is 32.2. The van der Waals surface area contributed by atoms with Crippen molar-refractivity contribution in [1.29, 1.82) is 0 Å². The standard InChI is InChI=1S/C13H17NOS/c1-3-9-13(2)10-16-12(15-13)14-11-7-5-4-6-8-11/h4-8H,3,9-10H2,1-2H3. The third-order valence-electron chi connectivity index (χ3n) is 2.59. The van der Waals surface area contributed by atoms with Gasteiger partial charge in [0.1, 0.15) is 5.60 Å². The third kappa shape index (κ3) is 2.79. The van der Waals surface area contributed by atoms with Gasteiger partial charge in [-0.15, -0.1) is 0 Å². The van der Waals surface area contributed by atoms with Crippen molar-refractivity contribution < 1.29 is 4.74 Å². The predicted octanol–water partition coefficient (Wildman–Crippen LogP) is 4.00. The molecule has 1 saturated heterocycles. The van der Waals surface area contributed by atoms with Crippen LogP contribution in [0.5, 0.6) is 0 Å². The van der Waals surface area contributed by atoms with E-state index in [1.54, 1.807) is 11.8 Å². The Morgan fingerprint density at radius 2 is 2.12 bits per heavy atom. The highest BCUT2D eigenvalue weighted by Crippen LogP contribution is 2.34. The van der Waals surface area contributed by atoms with E-state index in [0.29, 0.717) is 0 Å².